The molecule has 0 spiro atoms. The first kappa shape index (κ1) is 20.6. The van der Waals surface area contributed by atoms with Gasteiger partial charge in [-0.3, -0.25) is 10.1 Å². The zero-order chi connectivity index (χ0) is 19.9. The number of hydroxylamine groups is 1. The third-order valence-electron chi connectivity index (χ3n) is 5.80. The van der Waals surface area contributed by atoms with Gasteiger partial charge in [0.25, 0.3) is 0 Å². The standard InChI is InChI=1S/C23H34N4O/c1-4-5-10-21-19(2)9-8-11-22(21)26-16-14-25(15-17-26)20(3)18-27(28)23-12-6-7-13-24-23/h6-9,11-13,20,28H,4-5,10,14-18H2,1-3H3. The van der Waals surface area contributed by atoms with Crippen molar-refractivity contribution in [3.05, 3.63) is 53.7 Å². The van der Waals surface area contributed by atoms with E-state index in [1.165, 1.54) is 41.1 Å². The molecule has 5 nitrogen and oxygen atoms in total. The first-order chi connectivity index (χ1) is 13.6. The summed E-state index contributed by atoms with van der Waals surface area (Å²) in [7, 11) is 0. The molecule has 5 heteroatoms. The fourth-order valence-corrected chi connectivity index (χ4v) is 4.03. The fraction of sp³-hybridized carbons (Fsp3) is 0.522. The Kier molecular flexibility index (Phi) is 7.29. The van der Waals surface area contributed by atoms with Crippen LogP contribution in [-0.2, 0) is 6.42 Å². The average Bonchev–Trinajstić information content (AvgIpc) is 2.73. The smallest absolute Gasteiger partial charge is 0.152 e. The first-order valence-electron chi connectivity index (χ1n) is 10.5. The SMILES string of the molecule is CCCCc1c(C)cccc1N1CCN(C(C)CN(O)c2ccccn2)CC1. The summed E-state index contributed by atoms with van der Waals surface area (Å²) in [5, 5.41) is 11.6. The predicted molar refractivity (Wildman–Crippen MR) is 116 cm³/mol. The summed E-state index contributed by atoms with van der Waals surface area (Å²) in [6.45, 7) is 11.3. The molecule has 1 atom stereocenters. The highest BCUT2D eigenvalue weighted by atomic mass is 16.5. The minimum Gasteiger partial charge on any atom is -0.369 e. The van der Waals surface area contributed by atoms with Crippen LogP contribution in [0.15, 0.2) is 42.6 Å². The number of anilines is 2. The number of pyridine rings is 1. The molecule has 1 aromatic heterocycles. The Morgan fingerprint density at radius 3 is 2.57 bits per heavy atom. The summed E-state index contributed by atoms with van der Waals surface area (Å²) in [6, 6.07) is 12.6. The molecule has 2 heterocycles. The van der Waals surface area contributed by atoms with Gasteiger partial charge in [0.2, 0.25) is 0 Å². The molecule has 0 aliphatic carbocycles. The van der Waals surface area contributed by atoms with Gasteiger partial charge in [-0.15, -0.1) is 0 Å². The van der Waals surface area contributed by atoms with Crippen LogP contribution < -0.4 is 9.96 Å². The predicted octanol–water partition coefficient (Wildman–Crippen LogP) is 4.14. The normalized spacial score (nSPS) is 16.2. The minimum absolute atomic E-state index is 0.270. The molecule has 1 aliphatic heterocycles. The number of benzene rings is 1. The summed E-state index contributed by atoms with van der Waals surface area (Å²) >= 11 is 0. The van der Waals surface area contributed by atoms with Crippen molar-refractivity contribution in [1.82, 2.24) is 9.88 Å². The van der Waals surface area contributed by atoms with Crippen LogP contribution in [0, 0.1) is 6.92 Å². The molecule has 1 aromatic carbocycles. The second-order valence-electron chi connectivity index (χ2n) is 7.82. The second kappa shape index (κ2) is 9.89. The van der Waals surface area contributed by atoms with Gasteiger partial charge in [0.05, 0.1) is 6.54 Å². The van der Waals surface area contributed by atoms with Crippen LogP contribution in [0.4, 0.5) is 11.5 Å². The number of aryl methyl sites for hydroxylation is 1. The van der Waals surface area contributed by atoms with Crippen molar-refractivity contribution in [2.45, 2.75) is 46.1 Å². The van der Waals surface area contributed by atoms with E-state index in [9.17, 15) is 5.21 Å². The summed E-state index contributed by atoms with van der Waals surface area (Å²) in [6.07, 6.45) is 5.35. The zero-order valence-corrected chi connectivity index (χ0v) is 17.5. The van der Waals surface area contributed by atoms with Gasteiger partial charge < -0.3 is 4.90 Å². The van der Waals surface area contributed by atoms with E-state index in [-0.39, 0.29) is 6.04 Å². The van der Waals surface area contributed by atoms with Gasteiger partial charge in [-0.2, -0.15) is 0 Å². The van der Waals surface area contributed by atoms with Crippen LogP contribution >= 0.6 is 0 Å². The van der Waals surface area contributed by atoms with Crippen LogP contribution in [0.25, 0.3) is 0 Å². The Morgan fingerprint density at radius 1 is 1.11 bits per heavy atom. The van der Waals surface area contributed by atoms with Crippen molar-refractivity contribution in [3.63, 3.8) is 0 Å². The maximum absolute atomic E-state index is 10.3. The molecular weight excluding hydrogens is 348 g/mol. The number of nitrogens with zero attached hydrogens (tertiary/aromatic N) is 4. The Balaban J connectivity index is 1.58. The van der Waals surface area contributed by atoms with Crippen LogP contribution in [0.1, 0.15) is 37.8 Å². The molecule has 0 amide bonds. The molecule has 2 aromatic rings. The Hall–Kier alpha value is -2.11. The van der Waals surface area contributed by atoms with Crippen molar-refractivity contribution >= 4 is 11.5 Å². The topological polar surface area (TPSA) is 42.8 Å². The van der Waals surface area contributed by atoms with E-state index in [2.05, 4.69) is 53.8 Å². The summed E-state index contributed by atoms with van der Waals surface area (Å²) in [5.74, 6) is 0.605. The van der Waals surface area contributed by atoms with E-state index in [0.29, 0.717) is 12.4 Å². The molecule has 1 saturated heterocycles. The van der Waals surface area contributed by atoms with Gasteiger partial charge in [-0.25, -0.2) is 10.0 Å². The molecular formula is C23H34N4O. The zero-order valence-electron chi connectivity index (χ0n) is 17.5. The molecule has 1 N–H and O–H groups in total. The summed E-state index contributed by atoms with van der Waals surface area (Å²) < 4.78 is 0. The number of piperazine rings is 1. The van der Waals surface area contributed by atoms with E-state index in [0.717, 1.165) is 26.2 Å². The lowest BCUT2D eigenvalue weighted by molar-refractivity contribution is 0.160. The Bertz CT molecular complexity index is 729. The maximum Gasteiger partial charge on any atom is 0.152 e. The van der Waals surface area contributed by atoms with Crippen molar-refractivity contribution < 1.29 is 5.21 Å². The number of hydrogen-bond donors (Lipinski definition) is 1. The van der Waals surface area contributed by atoms with E-state index in [1.807, 2.05) is 18.2 Å². The van der Waals surface area contributed by atoms with Gasteiger partial charge in [-0.1, -0.05) is 31.5 Å². The van der Waals surface area contributed by atoms with Gasteiger partial charge in [-0.05, 0) is 56.0 Å². The molecule has 152 valence electrons. The van der Waals surface area contributed by atoms with Gasteiger partial charge in [0, 0.05) is 44.1 Å². The van der Waals surface area contributed by atoms with E-state index in [4.69, 9.17) is 0 Å². The summed E-state index contributed by atoms with van der Waals surface area (Å²) in [5.41, 5.74) is 4.34. The highest BCUT2D eigenvalue weighted by Gasteiger charge is 2.24. The fourth-order valence-electron chi connectivity index (χ4n) is 4.03. The highest BCUT2D eigenvalue weighted by molar-refractivity contribution is 5.57. The Labute approximate surface area is 169 Å². The lowest BCUT2D eigenvalue weighted by atomic mass is 9.99. The lowest BCUT2D eigenvalue weighted by Crippen LogP contribution is -2.52. The quantitative estimate of drug-likeness (QED) is 0.695. The van der Waals surface area contributed by atoms with Crippen LogP contribution in [0.2, 0.25) is 0 Å². The first-order valence-corrected chi connectivity index (χ1v) is 10.5. The van der Waals surface area contributed by atoms with Crippen molar-refractivity contribution in [2.75, 3.05) is 42.7 Å². The highest BCUT2D eigenvalue weighted by Crippen LogP contribution is 2.27. The van der Waals surface area contributed by atoms with Crippen LogP contribution in [0.3, 0.4) is 0 Å². The largest absolute Gasteiger partial charge is 0.369 e. The van der Waals surface area contributed by atoms with E-state index < -0.39 is 0 Å². The van der Waals surface area contributed by atoms with Crippen molar-refractivity contribution in [1.29, 1.82) is 0 Å². The molecule has 0 radical (unpaired) electrons. The van der Waals surface area contributed by atoms with Crippen molar-refractivity contribution in [2.24, 2.45) is 0 Å². The number of hydrogen-bond acceptors (Lipinski definition) is 5. The third-order valence-corrected chi connectivity index (χ3v) is 5.80. The average molecular weight is 383 g/mol. The van der Waals surface area contributed by atoms with Crippen LogP contribution in [-0.4, -0.2) is 53.9 Å². The number of aromatic nitrogens is 1. The van der Waals surface area contributed by atoms with Gasteiger partial charge in [0.1, 0.15) is 0 Å². The lowest BCUT2D eigenvalue weighted by Gasteiger charge is -2.40. The molecule has 0 saturated carbocycles. The molecule has 1 fully saturated rings. The van der Waals surface area contributed by atoms with Gasteiger partial charge in [0.15, 0.2) is 5.82 Å². The monoisotopic (exact) mass is 382 g/mol. The number of unbranched alkanes of at least 4 members (excludes halogenated alkanes) is 1. The van der Waals surface area contributed by atoms with E-state index >= 15 is 0 Å². The number of rotatable bonds is 8. The molecule has 28 heavy (non-hydrogen) atoms. The molecule has 3 rings (SSSR count). The molecule has 1 unspecified atom stereocenters. The van der Waals surface area contributed by atoms with Crippen molar-refractivity contribution in [3.8, 4) is 0 Å². The third kappa shape index (κ3) is 5.03. The second-order valence-corrected chi connectivity index (χ2v) is 7.82. The van der Waals surface area contributed by atoms with E-state index in [1.54, 1.807) is 6.20 Å². The maximum atomic E-state index is 10.3. The van der Waals surface area contributed by atoms with Crippen LogP contribution in [0.5, 0.6) is 0 Å². The summed E-state index contributed by atoms with van der Waals surface area (Å²) in [4.78, 5) is 9.22. The minimum atomic E-state index is 0.270. The molecule has 1 aliphatic rings. The Morgan fingerprint density at radius 2 is 1.89 bits per heavy atom. The van der Waals surface area contributed by atoms with Gasteiger partial charge >= 0.3 is 0 Å². The molecule has 0 bridgehead atoms.